The number of carbonyl (C=O) groups excluding carboxylic acids is 1. The first kappa shape index (κ1) is 23.4. The number of sulfonamides is 1. The molecule has 0 saturated carbocycles. The Labute approximate surface area is 201 Å². The molecule has 1 saturated heterocycles. The first-order valence-electron chi connectivity index (χ1n) is 11.2. The maximum atomic E-state index is 13.4. The van der Waals surface area contributed by atoms with Gasteiger partial charge in [-0.05, 0) is 48.7 Å². The molecule has 11 heteroatoms. The largest absolute Gasteiger partial charge is 0.595 e. The van der Waals surface area contributed by atoms with E-state index in [9.17, 15) is 28.4 Å². The Morgan fingerprint density at radius 1 is 1.00 bits per heavy atom. The summed E-state index contributed by atoms with van der Waals surface area (Å²) in [6, 6.07) is 16.8. The number of anilines is 1. The van der Waals surface area contributed by atoms with Crippen LogP contribution < -0.4 is 16.1 Å². The SMILES string of the molecule is O=C(Nc1ccc(S(=O)(=O)N2C[C@@H]3C[C@H](C2)c2cccc(=O)n2C3)cc1)c1ccccc1[NH+]([O-])O. The highest BCUT2D eigenvalue weighted by Crippen LogP contribution is 2.37. The normalized spacial score (nSPS) is 20.6. The van der Waals surface area contributed by atoms with Crippen molar-refractivity contribution < 1.29 is 23.6 Å². The van der Waals surface area contributed by atoms with Gasteiger partial charge in [0.05, 0.1) is 4.90 Å². The second-order valence-electron chi connectivity index (χ2n) is 8.85. The van der Waals surface area contributed by atoms with E-state index in [1.165, 1.54) is 52.8 Å². The van der Waals surface area contributed by atoms with Crippen LogP contribution in [0.4, 0.5) is 11.4 Å². The molecule has 3 N–H and O–H groups in total. The van der Waals surface area contributed by atoms with E-state index in [0.717, 1.165) is 12.1 Å². The second-order valence-corrected chi connectivity index (χ2v) is 10.8. The van der Waals surface area contributed by atoms with E-state index in [2.05, 4.69) is 5.32 Å². The lowest BCUT2D eigenvalue weighted by Gasteiger charge is -2.42. The summed E-state index contributed by atoms with van der Waals surface area (Å²) in [6.45, 7) is 1.14. The summed E-state index contributed by atoms with van der Waals surface area (Å²) in [7, 11) is -3.78. The van der Waals surface area contributed by atoms with Crippen molar-refractivity contribution in [2.75, 3.05) is 18.4 Å². The molecule has 5 rings (SSSR count). The molecule has 2 bridgehead atoms. The van der Waals surface area contributed by atoms with Crippen LogP contribution in [0.3, 0.4) is 0 Å². The first-order chi connectivity index (χ1) is 16.7. The van der Waals surface area contributed by atoms with Crippen LogP contribution in [0.5, 0.6) is 0 Å². The minimum atomic E-state index is -3.78. The minimum Gasteiger partial charge on any atom is -0.595 e. The van der Waals surface area contributed by atoms with Crippen LogP contribution in [0.1, 0.15) is 28.4 Å². The summed E-state index contributed by atoms with van der Waals surface area (Å²) in [5.41, 5.74) is 1.04. The Balaban J connectivity index is 1.33. The quantitative estimate of drug-likeness (QED) is 0.456. The summed E-state index contributed by atoms with van der Waals surface area (Å²) >= 11 is 0. The van der Waals surface area contributed by atoms with E-state index in [4.69, 9.17) is 0 Å². The summed E-state index contributed by atoms with van der Waals surface area (Å²) in [4.78, 5) is 24.9. The third-order valence-electron chi connectivity index (χ3n) is 6.60. The zero-order valence-electron chi connectivity index (χ0n) is 18.6. The van der Waals surface area contributed by atoms with Gasteiger partial charge in [-0.3, -0.25) is 9.59 Å². The van der Waals surface area contributed by atoms with Gasteiger partial charge in [0, 0.05) is 49.1 Å². The number of aromatic nitrogens is 1. The molecule has 10 nitrogen and oxygen atoms in total. The van der Waals surface area contributed by atoms with Gasteiger partial charge in [0.25, 0.3) is 11.5 Å². The molecule has 0 radical (unpaired) electrons. The van der Waals surface area contributed by atoms with Crippen molar-refractivity contribution >= 4 is 27.3 Å². The lowest BCUT2D eigenvalue weighted by molar-refractivity contribution is -0.991. The fourth-order valence-electron chi connectivity index (χ4n) is 4.97. The van der Waals surface area contributed by atoms with Gasteiger partial charge < -0.3 is 15.1 Å². The number of quaternary nitrogens is 1. The van der Waals surface area contributed by atoms with Crippen molar-refractivity contribution in [1.82, 2.24) is 8.87 Å². The predicted molar refractivity (Wildman–Crippen MR) is 127 cm³/mol. The van der Waals surface area contributed by atoms with E-state index in [-0.39, 0.29) is 33.5 Å². The van der Waals surface area contributed by atoms with E-state index in [0.29, 0.717) is 25.3 Å². The van der Waals surface area contributed by atoms with E-state index in [1.807, 2.05) is 6.07 Å². The van der Waals surface area contributed by atoms with Gasteiger partial charge in [0.15, 0.2) is 5.69 Å². The lowest BCUT2D eigenvalue weighted by Crippen LogP contribution is -2.99. The third-order valence-corrected chi connectivity index (χ3v) is 8.44. The minimum absolute atomic E-state index is 0.0101. The zero-order chi connectivity index (χ0) is 24.7. The van der Waals surface area contributed by atoms with Crippen LogP contribution >= 0.6 is 0 Å². The summed E-state index contributed by atoms with van der Waals surface area (Å²) in [5.74, 6) is -0.584. The molecule has 182 valence electrons. The van der Waals surface area contributed by atoms with Gasteiger partial charge in [0.1, 0.15) is 5.56 Å². The highest BCUT2D eigenvalue weighted by molar-refractivity contribution is 7.89. The van der Waals surface area contributed by atoms with Crippen molar-refractivity contribution in [3.8, 4) is 0 Å². The molecular weight excluding hydrogens is 472 g/mol. The van der Waals surface area contributed by atoms with Crippen molar-refractivity contribution in [2.45, 2.75) is 23.8 Å². The Bertz CT molecular complexity index is 1430. The van der Waals surface area contributed by atoms with Crippen molar-refractivity contribution in [3.05, 3.63) is 93.5 Å². The van der Waals surface area contributed by atoms with Gasteiger partial charge in [-0.2, -0.15) is 9.53 Å². The molecule has 2 aliphatic rings. The number of carbonyl (C=O) groups is 1. The average molecular weight is 497 g/mol. The number of rotatable bonds is 5. The maximum Gasteiger partial charge on any atom is 0.261 e. The second kappa shape index (κ2) is 9.02. The Hall–Kier alpha value is -3.35. The molecule has 0 spiro atoms. The molecule has 0 aliphatic carbocycles. The topological polar surface area (TPSA) is 136 Å². The standard InChI is InChI=1S/C24H24N4O6S/c29-23-7-3-6-21-17-12-16(14-27(21)23)13-26(15-17)35(33,34)19-10-8-18(9-11-19)25-24(30)20-4-1-2-5-22(20)28(31)32/h1-11,16-17,28,31H,12-15H2,(H,25,30)/t16-,17+/m0/s1. The highest BCUT2D eigenvalue weighted by atomic mass is 32.2. The van der Waals surface area contributed by atoms with Crippen molar-refractivity contribution in [2.24, 2.45) is 5.92 Å². The fraction of sp³-hybridized carbons (Fsp3) is 0.250. The van der Waals surface area contributed by atoms with Gasteiger partial charge in [0.2, 0.25) is 10.0 Å². The Morgan fingerprint density at radius 2 is 1.74 bits per heavy atom. The van der Waals surface area contributed by atoms with E-state index >= 15 is 0 Å². The Kier molecular flexibility index (Phi) is 6.03. The highest BCUT2D eigenvalue weighted by Gasteiger charge is 2.39. The molecule has 35 heavy (non-hydrogen) atoms. The number of amides is 1. The molecule has 2 aromatic carbocycles. The average Bonchev–Trinajstić information content (AvgIpc) is 2.85. The number of pyridine rings is 1. The first-order valence-corrected chi connectivity index (χ1v) is 12.6. The lowest BCUT2D eigenvalue weighted by atomic mass is 9.84. The summed E-state index contributed by atoms with van der Waals surface area (Å²) < 4.78 is 30.0. The maximum absolute atomic E-state index is 13.4. The molecule has 1 aromatic heterocycles. The fourth-order valence-corrected chi connectivity index (χ4v) is 6.54. The number of nitrogens with one attached hydrogen (secondary N) is 2. The number of fused-ring (bicyclic) bond motifs is 4. The van der Waals surface area contributed by atoms with E-state index < -0.39 is 21.2 Å². The predicted octanol–water partition coefficient (Wildman–Crippen LogP) is 1.31. The molecule has 2 aliphatic heterocycles. The van der Waals surface area contributed by atoms with Gasteiger partial charge >= 0.3 is 0 Å². The Morgan fingerprint density at radius 3 is 2.49 bits per heavy atom. The molecule has 1 fully saturated rings. The molecular formula is C24H24N4O6S. The van der Waals surface area contributed by atoms with Crippen LogP contribution in [0.2, 0.25) is 0 Å². The number of benzene rings is 2. The van der Waals surface area contributed by atoms with Gasteiger partial charge in [-0.15, -0.1) is 0 Å². The van der Waals surface area contributed by atoms with Crippen LogP contribution in [0.15, 0.2) is 76.4 Å². The van der Waals surface area contributed by atoms with Gasteiger partial charge in [-0.25, -0.2) is 13.6 Å². The van der Waals surface area contributed by atoms with Gasteiger partial charge in [-0.1, -0.05) is 18.2 Å². The number of para-hydroxylation sites is 1. The number of hydrogen-bond acceptors (Lipinski definition) is 6. The summed E-state index contributed by atoms with van der Waals surface area (Å²) in [6.07, 6.45) is 0.845. The van der Waals surface area contributed by atoms with Crippen LogP contribution in [0.25, 0.3) is 0 Å². The number of piperidine rings is 1. The monoisotopic (exact) mass is 496 g/mol. The van der Waals surface area contributed by atoms with E-state index in [1.54, 1.807) is 16.7 Å². The number of hydrogen-bond donors (Lipinski definition) is 3. The van der Waals surface area contributed by atoms with Crippen LogP contribution in [-0.2, 0) is 16.6 Å². The van der Waals surface area contributed by atoms with Crippen LogP contribution in [0, 0.1) is 11.1 Å². The third kappa shape index (κ3) is 4.40. The molecule has 1 unspecified atom stereocenters. The molecule has 1 amide bonds. The van der Waals surface area contributed by atoms with Crippen molar-refractivity contribution in [3.63, 3.8) is 0 Å². The zero-order valence-corrected chi connectivity index (χ0v) is 19.4. The van der Waals surface area contributed by atoms with Crippen molar-refractivity contribution in [1.29, 1.82) is 0 Å². The number of nitrogens with zero attached hydrogens (tertiary/aromatic N) is 2. The smallest absolute Gasteiger partial charge is 0.261 e. The van der Waals surface area contributed by atoms with Crippen LogP contribution in [-0.4, -0.2) is 41.5 Å². The molecule has 3 heterocycles. The molecule has 3 aromatic rings. The molecule has 3 atom stereocenters. The summed E-state index contributed by atoms with van der Waals surface area (Å²) in [5, 5.41) is 22.1.